The molecular weight excluding hydrogens is 360 g/mol. The van der Waals surface area contributed by atoms with Crippen molar-refractivity contribution in [1.29, 1.82) is 0 Å². The maximum atomic E-state index is 12.1. The molecule has 1 unspecified atom stereocenters. The Bertz CT molecular complexity index is 993. The normalized spacial score (nSPS) is 28.5. The van der Waals surface area contributed by atoms with Gasteiger partial charge >= 0.3 is 0 Å². The van der Waals surface area contributed by atoms with Crippen molar-refractivity contribution < 1.29 is 8.42 Å². The Balaban J connectivity index is 1.41. The van der Waals surface area contributed by atoms with E-state index < -0.39 is 10.0 Å². The fourth-order valence-electron chi connectivity index (χ4n) is 4.95. The van der Waals surface area contributed by atoms with Gasteiger partial charge in [-0.1, -0.05) is 13.3 Å². The topological polar surface area (TPSA) is 78.4 Å². The second-order valence-electron chi connectivity index (χ2n) is 8.25. The highest BCUT2D eigenvalue weighted by atomic mass is 32.2. The van der Waals surface area contributed by atoms with Gasteiger partial charge in [0.1, 0.15) is 5.65 Å². The number of hydrogen-bond acceptors (Lipinski definition) is 4. The predicted molar refractivity (Wildman–Crippen MR) is 108 cm³/mol. The Morgan fingerprint density at radius 2 is 2.22 bits per heavy atom. The number of sulfonamides is 1. The molecule has 0 amide bonds. The maximum Gasteiger partial charge on any atom is 0.255 e. The second kappa shape index (κ2) is 6.33. The van der Waals surface area contributed by atoms with Crippen LogP contribution in [0.2, 0.25) is 0 Å². The van der Waals surface area contributed by atoms with Gasteiger partial charge in [0, 0.05) is 36.6 Å². The standard InChI is InChI=1S/C20H26N4O2S/c1-2-14-9-13(11-23-27(25,26)16-3-4-16)10-18(14)24-8-6-15-12-22-20-17(19(15)24)5-7-21-20/h5,7,11-14,16,18H,2-4,6,8-10H2,1H3,(H,21,22)/b23-11-/t13?,14-,18+/m1/s1. The lowest BCUT2D eigenvalue weighted by atomic mass is 9.98. The molecule has 2 saturated carbocycles. The third-order valence-electron chi connectivity index (χ3n) is 6.53. The molecule has 0 saturated heterocycles. The van der Waals surface area contributed by atoms with Crippen LogP contribution in [0.15, 0.2) is 22.9 Å². The van der Waals surface area contributed by atoms with Gasteiger partial charge in [-0.3, -0.25) is 0 Å². The summed E-state index contributed by atoms with van der Waals surface area (Å²) in [7, 11) is -3.26. The molecule has 1 N–H and O–H groups in total. The minimum Gasteiger partial charge on any atom is -0.367 e. The number of nitrogens with one attached hydrogen (secondary N) is 1. The van der Waals surface area contributed by atoms with Crippen molar-refractivity contribution in [2.24, 2.45) is 16.2 Å². The third-order valence-corrected chi connectivity index (χ3v) is 8.26. The first-order chi connectivity index (χ1) is 13.1. The van der Waals surface area contributed by atoms with Crippen LogP contribution in [0.1, 0.15) is 44.6 Å². The van der Waals surface area contributed by atoms with E-state index in [4.69, 9.17) is 0 Å². The SMILES string of the molecule is CC[C@@H]1CC(/C=N\S(=O)(=O)C2CC2)C[C@@H]1N1CCc2cnc3[nH]ccc3c21. The number of rotatable bonds is 5. The van der Waals surface area contributed by atoms with Crippen molar-refractivity contribution in [2.45, 2.75) is 56.7 Å². The van der Waals surface area contributed by atoms with Gasteiger partial charge in [0.15, 0.2) is 0 Å². The van der Waals surface area contributed by atoms with Crippen molar-refractivity contribution in [3.63, 3.8) is 0 Å². The Labute approximate surface area is 160 Å². The minimum absolute atomic E-state index is 0.215. The first-order valence-electron chi connectivity index (χ1n) is 10.1. The molecule has 2 aromatic rings. The number of pyridine rings is 1. The molecule has 7 heteroatoms. The van der Waals surface area contributed by atoms with Crippen LogP contribution in [0, 0.1) is 11.8 Å². The van der Waals surface area contributed by atoms with E-state index in [9.17, 15) is 8.42 Å². The summed E-state index contributed by atoms with van der Waals surface area (Å²) in [6.07, 6.45) is 11.4. The van der Waals surface area contributed by atoms with Crippen LogP contribution in [0.4, 0.5) is 5.69 Å². The molecule has 27 heavy (non-hydrogen) atoms. The lowest BCUT2D eigenvalue weighted by Gasteiger charge is -2.32. The molecule has 0 spiro atoms. The highest BCUT2D eigenvalue weighted by molar-refractivity contribution is 7.91. The average molecular weight is 387 g/mol. The van der Waals surface area contributed by atoms with E-state index in [1.165, 1.54) is 16.6 Å². The Hall–Kier alpha value is -1.89. The van der Waals surface area contributed by atoms with E-state index in [1.807, 2.05) is 12.4 Å². The van der Waals surface area contributed by atoms with E-state index >= 15 is 0 Å². The number of H-pyrrole nitrogens is 1. The number of nitrogens with zero attached hydrogens (tertiary/aromatic N) is 3. The predicted octanol–water partition coefficient (Wildman–Crippen LogP) is 3.29. The molecule has 1 aliphatic heterocycles. The van der Waals surface area contributed by atoms with Gasteiger partial charge < -0.3 is 9.88 Å². The van der Waals surface area contributed by atoms with E-state index in [1.54, 1.807) is 6.21 Å². The molecule has 0 bridgehead atoms. The molecule has 3 aliphatic rings. The Kier molecular flexibility index (Phi) is 4.04. The van der Waals surface area contributed by atoms with E-state index in [0.717, 1.165) is 50.7 Å². The van der Waals surface area contributed by atoms with Crippen LogP contribution >= 0.6 is 0 Å². The summed E-state index contributed by atoms with van der Waals surface area (Å²) >= 11 is 0. The molecule has 5 rings (SSSR count). The van der Waals surface area contributed by atoms with Gasteiger partial charge in [0.05, 0.1) is 10.9 Å². The van der Waals surface area contributed by atoms with Gasteiger partial charge in [0.25, 0.3) is 10.0 Å². The van der Waals surface area contributed by atoms with Crippen LogP contribution in [-0.2, 0) is 16.4 Å². The van der Waals surface area contributed by atoms with Crippen molar-refractivity contribution in [3.8, 4) is 0 Å². The quantitative estimate of drug-likeness (QED) is 0.800. The van der Waals surface area contributed by atoms with Crippen molar-refractivity contribution in [1.82, 2.24) is 9.97 Å². The lowest BCUT2D eigenvalue weighted by Crippen LogP contribution is -2.36. The molecule has 0 radical (unpaired) electrons. The second-order valence-corrected chi connectivity index (χ2v) is 10.2. The van der Waals surface area contributed by atoms with Crippen LogP contribution in [0.25, 0.3) is 11.0 Å². The third kappa shape index (κ3) is 2.96. The Morgan fingerprint density at radius 1 is 1.37 bits per heavy atom. The molecular formula is C20H26N4O2S. The zero-order valence-corrected chi connectivity index (χ0v) is 16.5. The van der Waals surface area contributed by atoms with Crippen LogP contribution in [0.5, 0.6) is 0 Å². The monoisotopic (exact) mass is 386 g/mol. The van der Waals surface area contributed by atoms with E-state index in [-0.39, 0.29) is 11.2 Å². The first-order valence-corrected chi connectivity index (χ1v) is 11.6. The average Bonchev–Trinajstić information content (AvgIpc) is 3.11. The lowest BCUT2D eigenvalue weighted by molar-refractivity contribution is 0.442. The Morgan fingerprint density at radius 3 is 3.00 bits per heavy atom. The van der Waals surface area contributed by atoms with Crippen molar-refractivity contribution in [2.75, 3.05) is 11.4 Å². The zero-order chi connectivity index (χ0) is 18.6. The fraction of sp³-hybridized carbons (Fsp3) is 0.600. The van der Waals surface area contributed by atoms with Gasteiger partial charge in [-0.25, -0.2) is 13.4 Å². The molecule has 3 atom stereocenters. The molecule has 2 aliphatic carbocycles. The van der Waals surface area contributed by atoms with Crippen molar-refractivity contribution in [3.05, 3.63) is 24.0 Å². The van der Waals surface area contributed by atoms with Gasteiger partial charge in [-0.15, -0.1) is 0 Å². The summed E-state index contributed by atoms with van der Waals surface area (Å²) < 4.78 is 28.2. The highest BCUT2D eigenvalue weighted by Gasteiger charge is 2.40. The molecule has 6 nitrogen and oxygen atoms in total. The number of anilines is 1. The van der Waals surface area contributed by atoms with E-state index in [2.05, 4.69) is 32.3 Å². The summed E-state index contributed by atoms with van der Waals surface area (Å²) in [5.74, 6) is 0.819. The number of fused-ring (bicyclic) bond motifs is 3. The first kappa shape index (κ1) is 17.2. The number of aromatic amines is 1. The van der Waals surface area contributed by atoms with Crippen LogP contribution < -0.4 is 4.90 Å². The summed E-state index contributed by atoms with van der Waals surface area (Å²) in [6, 6.07) is 2.56. The highest BCUT2D eigenvalue weighted by Crippen LogP contribution is 2.43. The smallest absolute Gasteiger partial charge is 0.255 e. The maximum absolute atomic E-state index is 12.1. The number of aromatic nitrogens is 2. The summed E-state index contributed by atoms with van der Waals surface area (Å²) in [5, 5.41) is 0.987. The fourth-order valence-corrected chi connectivity index (χ4v) is 6.20. The number of hydrogen-bond donors (Lipinski definition) is 1. The van der Waals surface area contributed by atoms with E-state index in [0.29, 0.717) is 12.0 Å². The van der Waals surface area contributed by atoms with Crippen molar-refractivity contribution >= 4 is 33.0 Å². The minimum atomic E-state index is -3.26. The summed E-state index contributed by atoms with van der Waals surface area (Å²) in [4.78, 5) is 10.3. The summed E-state index contributed by atoms with van der Waals surface area (Å²) in [5.41, 5.74) is 3.60. The molecule has 144 valence electrons. The molecule has 2 aromatic heterocycles. The molecule has 3 heterocycles. The zero-order valence-electron chi connectivity index (χ0n) is 15.6. The summed E-state index contributed by atoms with van der Waals surface area (Å²) in [6.45, 7) is 3.26. The van der Waals surface area contributed by atoms with Gasteiger partial charge in [0.2, 0.25) is 0 Å². The van der Waals surface area contributed by atoms with Gasteiger partial charge in [-0.2, -0.15) is 4.40 Å². The van der Waals surface area contributed by atoms with Gasteiger partial charge in [-0.05, 0) is 55.6 Å². The largest absolute Gasteiger partial charge is 0.367 e. The molecule has 2 fully saturated rings. The van der Waals surface area contributed by atoms with Crippen LogP contribution in [-0.4, -0.2) is 42.4 Å². The van der Waals surface area contributed by atoms with Crippen LogP contribution in [0.3, 0.4) is 0 Å². The molecule has 0 aromatic carbocycles.